The summed E-state index contributed by atoms with van der Waals surface area (Å²) < 4.78 is 21.9. The quantitative estimate of drug-likeness (QED) is 0.696. The minimum Gasteiger partial charge on any atom is -0.493 e. The molecule has 4 heteroatoms. The number of methoxy groups -OCH3 is 2. The molecule has 0 atom stereocenters. The molecule has 2 aromatic rings. The molecule has 2 aromatic carbocycles. The van der Waals surface area contributed by atoms with E-state index in [-0.39, 0.29) is 0 Å². The lowest BCUT2D eigenvalue weighted by atomic mass is 10.3. The molecule has 0 saturated carbocycles. The maximum atomic E-state index is 5.70. The highest BCUT2D eigenvalue weighted by atomic mass is 16.5. The van der Waals surface area contributed by atoms with E-state index in [1.54, 1.807) is 14.2 Å². The van der Waals surface area contributed by atoms with E-state index in [0.717, 1.165) is 5.57 Å². The molecule has 0 aliphatic heterocycles. The molecule has 2 rings (SSSR count). The molecule has 22 heavy (non-hydrogen) atoms. The van der Waals surface area contributed by atoms with Crippen LogP contribution < -0.4 is 18.9 Å². The minimum atomic E-state index is 0.357. The monoisotopic (exact) mass is 300 g/mol. The lowest BCUT2D eigenvalue weighted by Gasteiger charge is -2.13. The number of benzene rings is 2. The van der Waals surface area contributed by atoms with Gasteiger partial charge >= 0.3 is 0 Å². The third-order valence-electron chi connectivity index (χ3n) is 3.00. The fourth-order valence-electron chi connectivity index (χ4n) is 1.88. The second-order valence-corrected chi connectivity index (χ2v) is 4.63. The van der Waals surface area contributed by atoms with Gasteiger partial charge in [0.2, 0.25) is 0 Å². The summed E-state index contributed by atoms with van der Waals surface area (Å²) in [5.41, 5.74) is 0.816. The Hall–Kier alpha value is -2.62. The third kappa shape index (κ3) is 4.19. The van der Waals surface area contributed by atoms with Gasteiger partial charge < -0.3 is 18.9 Å². The molecule has 0 spiro atoms. The van der Waals surface area contributed by atoms with Gasteiger partial charge in [-0.25, -0.2) is 0 Å². The van der Waals surface area contributed by atoms with Crippen LogP contribution in [0, 0.1) is 0 Å². The first-order valence-electron chi connectivity index (χ1n) is 6.93. The Kier molecular flexibility index (Phi) is 5.72. The molecule has 0 aliphatic carbocycles. The average molecular weight is 300 g/mol. The number of rotatable bonds is 8. The Morgan fingerprint density at radius 2 is 1.09 bits per heavy atom. The average Bonchev–Trinajstić information content (AvgIpc) is 2.58. The van der Waals surface area contributed by atoms with Crippen LogP contribution in [0.15, 0.2) is 60.7 Å². The predicted octanol–water partition coefficient (Wildman–Crippen LogP) is 3.72. The van der Waals surface area contributed by atoms with E-state index >= 15 is 0 Å². The van der Waals surface area contributed by atoms with Crippen molar-refractivity contribution >= 4 is 0 Å². The van der Waals surface area contributed by atoms with Gasteiger partial charge in [-0.15, -0.1) is 0 Å². The molecule has 0 heterocycles. The fourth-order valence-corrected chi connectivity index (χ4v) is 1.88. The first kappa shape index (κ1) is 15.8. The first-order chi connectivity index (χ1) is 10.7. The summed E-state index contributed by atoms with van der Waals surface area (Å²) in [6.45, 7) is 4.68. The second-order valence-electron chi connectivity index (χ2n) is 4.63. The Morgan fingerprint density at radius 3 is 1.45 bits per heavy atom. The van der Waals surface area contributed by atoms with Crippen LogP contribution >= 0.6 is 0 Å². The first-order valence-corrected chi connectivity index (χ1v) is 6.93. The lowest BCUT2D eigenvalue weighted by Crippen LogP contribution is -2.09. The van der Waals surface area contributed by atoms with Crippen LogP contribution in [0.5, 0.6) is 23.0 Å². The molecule has 0 fully saturated rings. The van der Waals surface area contributed by atoms with Gasteiger partial charge in [-0.3, -0.25) is 0 Å². The smallest absolute Gasteiger partial charge is 0.161 e. The van der Waals surface area contributed by atoms with Crippen LogP contribution in [-0.2, 0) is 0 Å². The van der Waals surface area contributed by atoms with E-state index in [9.17, 15) is 0 Å². The largest absolute Gasteiger partial charge is 0.493 e. The van der Waals surface area contributed by atoms with E-state index in [0.29, 0.717) is 36.2 Å². The van der Waals surface area contributed by atoms with Crippen LogP contribution in [0.1, 0.15) is 0 Å². The minimum absolute atomic E-state index is 0.357. The molecule has 0 amide bonds. The number of hydrogen-bond donors (Lipinski definition) is 0. The lowest BCUT2D eigenvalue weighted by molar-refractivity contribution is 0.281. The van der Waals surface area contributed by atoms with Crippen molar-refractivity contribution in [3.63, 3.8) is 0 Å². The van der Waals surface area contributed by atoms with Gasteiger partial charge in [0, 0.05) is 0 Å². The fraction of sp³-hybridized carbons (Fsp3) is 0.222. The van der Waals surface area contributed by atoms with Crippen LogP contribution in [0.25, 0.3) is 0 Å². The summed E-state index contributed by atoms with van der Waals surface area (Å²) in [6.07, 6.45) is 0. The SMILES string of the molecule is C=C(COc1ccccc1OC)COc1ccccc1OC. The Balaban J connectivity index is 1.86. The maximum Gasteiger partial charge on any atom is 0.161 e. The van der Waals surface area contributed by atoms with Crippen LogP contribution in [0.4, 0.5) is 0 Å². The molecule has 0 aliphatic rings. The van der Waals surface area contributed by atoms with Crippen LogP contribution in [0.3, 0.4) is 0 Å². The highest BCUT2D eigenvalue weighted by Crippen LogP contribution is 2.27. The summed E-state index contributed by atoms with van der Waals surface area (Å²) in [4.78, 5) is 0. The summed E-state index contributed by atoms with van der Waals surface area (Å²) in [6, 6.07) is 15.0. The summed E-state index contributed by atoms with van der Waals surface area (Å²) >= 11 is 0. The topological polar surface area (TPSA) is 36.9 Å². The molecular weight excluding hydrogens is 280 g/mol. The van der Waals surface area contributed by atoms with E-state index in [1.807, 2.05) is 48.5 Å². The van der Waals surface area contributed by atoms with E-state index < -0.39 is 0 Å². The van der Waals surface area contributed by atoms with Gasteiger partial charge in [0.15, 0.2) is 23.0 Å². The van der Waals surface area contributed by atoms with Gasteiger partial charge in [-0.1, -0.05) is 30.8 Å². The van der Waals surface area contributed by atoms with Crippen molar-refractivity contribution in [3.8, 4) is 23.0 Å². The summed E-state index contributed by atoms with van der Waals surface area (Å²) in [5, 5.41) is 0. The summed E-state index contributed by atoms with van der Waals surface area (Å²) in [7, 11) is 3.23. The number of ether oxygens (including phenoxy) is 4. The highest BCUT2D eigenvalue weighted by molar-refractivity contribution is 5.40. The van der Waals surface area contributed by atoms with Gasteiger partial charge in [-0.05, 0) is 29.8 Å². The van der Waals surface area contributed by atoms with Gasteiger partial charge in [0.1, 0.15) is 13.2 Å². The normalized spacial score (nSPS) is 9.91. The standard InChI is InChI=1S/C18H20O4/c1-14(12-21-17-10-6-4-8-15(17)19-2)13-22-18-11-7-5-9-16(18)20-3/h4-11H,1,12-13H2,2-3H3. The van der Waals surface area contributed by atoms with Crippen molar-refractivity contribution in [2.45, 2.75) is 0 Å². The second kappa shape index (κ2) is 7.98. The third-order valence-corrected chi connectivity index (χ3v) is 3.00. The maximum absolute atomic E-state index is 5.70. The summed E-state index contributed by atoms with van der Waals surface area (Å²) in [5.74, 6) is 2.76. The molecule has 0 radical (unpaired) electrons. The number of para-hydroxylation sites is 4. The molecule has 0 bridgehead atoms. The molecule has 0 unspecified atom stereocenters. The van der Waals surface area contributed by atoms with E-state index in [1.165, 1.54) is 0 Å². The Bertz CT molecular complexity index is 568. The zero-order valence-electron chi connectivity index (χ0n) is 12.9. The van der Waals surface area contributed by atoms with Gasteiger partial charge in [0.05, 0.1) is 14.2 Å². The van der Waals surface area contributed by atoms with Crippen molar-refractivity contribution in [1.82, 2.24) is 0 Å². The van der Waals surface area contributed by atoms with Gasteiger partial charge in [0.25, 0.3) is 0 Å². The highest BCUT2D eigenvalue weighted by Gasteiger charge is 2.06. The van der Waals surface area contributed by atoms with E-state index in [4.69, 9.17) is 18.9 Å². The molecule has 0 aromatic heterocycles. The van der Waals surface area contributed by atoms with Crippen LogP contribution in [-0.4, -0.2) is 27.4 Å². The van der Waals surface area contributed by atoms with Crippen molar-refractivity contribution < 1.29 is 18.9 Å². The molecule has 116 valence electrons. The van der Waals surface area contributed by atoms with Crippen molar-refractivity contribution in [2.75, 3.05) is 27.4 Å². The van der Waals surface area contributed by atoms with Crippen LogP contribution in [0.2, 0.25) is 0 Å². The van der Waals surface area contributed by atoms with Crippen molar-refractivity contribution in [3.05, 3.63) is 60.7 Å². The molecule has 0 N–H and O–H groups in total. The van der Waals surface area contributed by atoms with Gasteiger partial charge in [-0.2, -0.15) is 0 Å². The zero-order chi connectivity index (χ0) is 15.8. The molecule has 4 nitrogen and oxygen atoms in total. The van der Waals surface area contributed by atoms with Crippen molar-refractivity contribution in [2.24, 2.45) is 0 Å². The molecular formula is C18H20O4. The van der Waals surface area contributed by atoms with E-state index in [2.05, 4.69) is 6.58 Å². The van der Waals surface area contributed by atoms with Crippen molar-refractivity contribution in [1.29, 1.82) is 0 Å². The molecule has 0 saturated heterocycles. The Labute approximate surface area is 130 Å². The Morgan fingerprint density at radius 1 is 0.727 bits per heavy atom. The predicted molar refractivity (Wildman–Crippen MR) is 86.1 cm³/mol. The zero-order valence-corrected chi connectivity index (χ0v) is 12.9. The number of hydrogen-bond acceptors (Lipinski definition) is 4.